The maximum absolute atomic E-state index is 5.02. The van der Waals surface area contributed by atoms with Crippen molar-refractivity contribution in [2.75, 3.05) is 13.7 Å². The molecule has 0 radical (unpaired) electrons. The number of ether oxygens (including phenoxy) is 1. The first kappa shape index (κ1) is 11.7. The van der Waals surface area contributed by atoms with Gasteiger partial charge in [0.15, 0.2) is 0 Å². The summed E-state index contributed by atoms with van der Waals surface area (Å²) in [7, 11) is 1.71. The second-order valence-electron chi connectivity index (χ2n) is 3.37. The van der Waals surface area contributed by atoms with E-state index in [1.807, 2.05) is 17.8 Å². The minimum atomic E-state index is 0.255. The van der Waals surface area contributed by atoms with E-state index in [9.17, 15) is 0 Å². The second kappa shape index (κ2) is 5.46. The molecule has 0 fully saturated rings. The summed E-state index contributed by atoms with van der Waals surface area (Å²) in [6.07, 6.45) is 2.93. The van der Waals surface area contributed by atoms with Gasteiger partial charge in [-0.2, -0.15) is 0 Å². The number of rotatable bonds is 5. The van der Waals surface area contributed by atoms with Crippen LogP contribution in [0, 0.1) is 0 Å². The van der Waals surface area contributed by atoms with Gasteiger partial charge in [-0.25, -0.2) is 4.68 Å². The van der Waals surface area contributed by atoms with E-state index in [1.54, 1.807) is 7.11 Å². The highest BCUT2D eigenvalue weighted by Crippen LogP contribution is 2.19. The van der Waals surface area contributed by atoms with Crippen molar-refractivity contribution in [2.24, 2.45) is 0 Å². The van der Waals surface area contributed by atoms with Crippen LogP contribution in [-0.2, 0) is 4.74 Å². The minimum Gasteiger partial charge on any atom is -0.385 e. The summed E-state index contributed by atoms with van der Waals surface area (Å²) < 4.78 is 6.90. The number of hydrogen-bond acceptors (Lipinski definition) is 3. The van der Waals surface area contributed by atoms with Gasteiger partial charge in [0, 0.05) is 19.9 Å². The molecule has 0 bridgehead atoms. The van der Waals surface area contributed by atoms with Crippen LogP contribution in [0.5, 0.6) is 0 Å². The lowest BCUT2D eigenvalue weighted by atomic mass is 10.2. The fraction of sp³-hybridized carbons (Fsp3) is 0.778. The molecule has 0 spiro atoms. The van der Waals surface area contributed by atoms with Crippen LogP contribution in [0.1, 0.15) is 36.8 Å². The zero-order valence-electron chi connectivity index (χ0n) is 8.77. The lowest BCUT2D eigenvalue weighted by molar-refractivity contribution is 0.178. The van der Waals surface area contributed by atoms with Crippen molar-refractivity contribution in [1.82, 2.24) is 15.0 Å². The molecule has 80 valence electrons. The maximum atomic E-state index is 5.02. The maximum Gasteiger partial charge on any atom is 0.0960 e. The smallest absolute Gasteiger partial charge is 0.0960 e. The second-order valence-corrected chi connectivity index (χ2v) is 4.74. The highest BCUT2D eigenvalue weighted by atomic mass is 79.9. The van der Waals surface area contributed by atoms with Crippen molar-refractivity contribution in [2.45, 2.75) is 31.1 Å². The number of halogens is 1. The number of aromatic nitrogens is 3. The molecule has 1 heterocycles. The lowest BCUT2D eigenvalue weighted by Gasteiger charge is -2.09. The zero-order valence-corrected chi connectivity index (χ0v) is 10.4. The van der Waals surface area contributed by atoms with E-state index in [1.165, 1.54) is 0 Å². The predicted molar refractivity (Wildman–Crippen MR) is 58.6 cm³/mol. The van der Waals surface area contributed by atoms with Crippen LogP contribution in [0.25, 0.3) is 0 Å². The third-order valence-corrected chi connectivity index (χ3v) is 2.60. The summed E-state index contributed by atoms with van der Waals surface area (Å²) in [6.45, 7) is 4.89. The number of alkyl halides is 1. The van der Waals surface area contributed by atoms with Gasteiger partial charge in [-0.1, -0.05) is 21.1 Å². The summed E-state index contributed by atoms with van der Waals surface area (Å²) in [5.41, 5.74) is 0.967. The average molecular weight is 262 g/mol. The molecule has 14 heavy (non-hydrogen) atoms. The molecular formula is C9H16BrN3O. The van der Waals surface area contributed by atoms with Gasteiger partial charge >= 0.3 is 0 Å². The van der Waals surface area contributed by atoms with E-state index < -0.39 is 0 Å². The SMILES string of the molecule is COCCC(C)n1cc(C(C)Br)nn1. The van der Waals surface area contributed by atoms with Gasteiger partial charge in [-0.05, 0) is 20.3 Å². The summed E-state index contributed by atoms with van der Waals surface area (Å²) in [5.74, 6) is 0. The molecule has 1 aromatic heterocycles. The van der Waals surface area contributed by atoms with Crippen LogP contribution in [0.2, 0.25) is 0 Å². The Bertz CT molecular complexity index is 275. The largest absolute Gasteiger partial charge is 0.385 e. The van der Waals surface area contributed by atoms with E-state index in [2.05, 4.69) is 33.2 Å². The van der Waals surface area contributed by atoms with Crippen LogP contribution in [0.15, 0.2) is 6.20 Å². The first-order chi connectivity index (χ1) is 6.65. The van der Waals surface area contributed by atoms with E-state index in [0.29, 0.717) is 6.04 Å². The first-order valence-electron chi connectivity index (χ1n) is 4.70. The molecule has 0 N–H and O–H groups in total. The fourth-order valence-corrected chi connectivity index (χ4v) is 1.32. The van der Waals surface area contributed by atoms with Gasteiger partial charge in [-0.3, -0.25) is 0 Å². The number of hydrogen-bond donors (Lipinski definition) is 0. The Hall–Kier alpha value is -0.420. The molecule has 2 unspecified atom stereocenters. The van der Waals surface area contributed by atoms with Gasteiger partial charge in [0.1, 0.15) is 0 Å². The molecule has 2 atom stereocenters. The third kappa shape index (κ3) is 3.06. The number of methoxy groups -OCH3 is 1. The predicted octanol–water partition coefficient (Wildman–Crippen LogP) is 2.33. The minimum absolute atomic E-state index is 0.255. The van der Waals surface area contributed by atoms with Gasteiger partial charge in [0.05, 0.1) is 16.6 Å². The molecule has 0 saturated carbocycles. The molecule has 1 aromatic rings. The highest BCUT2D eigenvalue weighted by Gasteiger charge is 2.10. The Morgan fingerprint density at radius 1 is 1.57 bits per heavy atom. The molecule has 0 amide bonds. The van der Waals surface area contributed by atoms with Crippen LogP contribution in [-0.4, -0.2) is 28.7 Å². The van der Waals surface area contributed by atoms with Crippen molar-refractivity contribution >= 4 is 15.9 Å². The van der Waals surface area contributed by atoms with Gasteiger partial charge in [-0.15, -0.1) is 5.10 Å². The van der Waals surface area contributed by atoms with Gasteiger partial charge in [0.25, 0.3) is 0 Å². The van der Waals surface area contributed by atoms with Crippen molar-refractivity contribution < 1.29 is 4.74 Å². The van der Waals surface area contributed by atoms with E-state index in [0.717, 1.165) is 18.7 Å². The Kier molecular flexibility index (Phi) is 4.54. The lowest BCUT2D eigenvalue weighted by Crippen LogP contribution is -2.08. The summed E-state index contributed by atoms with van der Waals surface area (Å²) in [6, 6.07) is 0.336. The van der Waals surface area contributed by atoms with Crippen molar-refractivity contribution in [3.8, 4) is 0 Å². The molecule has 1 rings (SSSR count). The van der Waals surface area contributed by atoms with E-state index in [-0.39, 0.29) is 4.83 Å². The molecule has 5 heteroatoms. The first-order valence-corrected chi connectivity index (χ1v) is 5.61. The van der Waals surface area contributed by atoms with Gasteiger partial charge < -0.3 is 4.74 Å². The Balaban J connectivity index is 2.57. The third-order valence-electron chi connectivity index (χ3n) is 2.13. The van der Waals surface area contributed by atoms with Crippen LogP contribution in [0.3, 0.4) is 0 Å². The van der Waals surface area contributed by atoms with Crippen LogP contribution < -0.4 is 0 Å². The topological polar surface area (TPSA) is 39.9 Å². The van der Waals surface area contributed by atoms with Crippen molar-refractivity contribution in [3.63, 3.8) is 0 Å². The Labute approximate surface area is 92.8 Å². The van der Waals surface area contributed by atoms with Gasteiger partial charge in [0.2, 0.25) is 0 Å². The molecule has 0 aliphatic rings. The van der Waals surface area contributed by atoms with E-state index in [4.69, 9.17) is 4.74 Å². The average Bonchev–Trinajstić information content (AvgIpc) is 2.62. The fourth-order valence-electron chi connectivity index (χ4n) is 1.11. The quantitative estimate of drug-likeness (QED) is 0.764. The van der Waals surface area contributed by atoms with E-state index >= 15 is 0 Å². The van der Waals surface area contributed by atoms with Crippen molar-refractivity contribution in [3.05, 3.63) is 11.9 Å². The standard InChI is InChI=1S/C9H16BrN3O/c1-7(4-5-14-3)13-6-9(8(2)10)11-12-13/h6-8H,4-5H2,1-3H3. The molecule has 4 nitrogen and oxygen atoms in total. The monoisotopic (exact) mass is 261 g/mol. The number of nitrogens with zero attached hydrogens (tertiary/aromatic N) is 3. The summed E-state index contributed by atoms with van der Waals surface area (Å²) in [5, 5.41) is 8.14. The molecule has 0 saturated heterocycles. The van der Waals surface area contributed by atoms with Crippen LogP contribution in [0.4, 0.5) is 0 Å². The normalized spacial score (nSPS) is 15.4. The zero-order chi connectivity index (χ0) is 10.6. The van der Waals surface area contributed by atoms with Crippen molar-refractivity contribution in [1.29, 1.82) is 0 Å². The molecule has 0 aromatic carbocycles. The Morgan fingerprint density at radius 2 is 2.29 bits per heavy atom. The molecule has 0 aliphatic heterocycles. The molecular weight excluding hydrogens is 246 g/mol. The highest BCUT2D eigenvalue weighted by molar-refractivity contribution is 9.09. The summed E-state index contributed by atoms with van der Waals surface area (Å²) in [4.78, 5) is 0.255. The van der Waals surface area contributed by atoms with Crippen LogP contribution >= 0.6 is 15.9 Å². The Morgan fingerprint density at radius 3 is 2.79 bits per heavy atom. The molecule has 0 aliphatic carbocycles. The summed E-state index contributed by atoms with van der Waals surface area (Å²) >= 11 is 3.46.